The van der Waals surface area contributed by atoms with Gasteiger partial charge in [0.05, 0.1) is 0 Å². The van der Waals surface area contributed by atoms with Crippen molar-refractivity contribution in [1.29, 1.82) is 0 Å². The van der Waals surface area contributed by atoms with E-state index in [0.717, 1.165) is 29.5 Å². The Labute approximate surface area is 161 Å². The highest BCUT2D eigenvalue weighted by Gasteiger charge is 2.38. The number of hydrogen-bond acceptors (Lipinski definition) is 4. The Morgan fingerprint density at radius 2 is 1.31 bits per heavy atom. The summed E-state index contributed by atoms with van der Waals surface area (Å²) in [7, 11) is -2.62. The van der Waals surface area contributed by atoms with Gasteiger partial charge in [-0.1, -0.05) is 13.8 Å². The van der Waals surface area contributed by atoms with Crippen LogP contribution in [0.2, 0.25) is 6.55 Å². The maximum Gasteiger partial charge on any atom is 0.373 e. The fourth-order valence-corrected chi connectivity index (χ4v) is 5.06. The van der Waals surface area contributed by atoms with E-state index in [9.17, 15) is 0 Å². The summed E-state index contributed by atoms with van der Waals surface area (Å²) in [6.07, 6.45) is 1.90. The van der Waals surface area contributed by atoms with Crippen LogP contribution in [0.1, 0.15) is 68.2 Å². The molecular weight excluding hydrogens is 344 g/mol. The van der Waals surface area contributed by atoms with Crippen LogP contribution < -0.4 is 14.7 Å². The minimum Gasteiger partial charge on any atom is -0.488 e. The van der Waals surface area contributed by atoms with Gasteiger partial charge in [-0.05, 0) is 79.1 Å². The molecule has 0 amide bonds. The van der Waals surface area contributed by atoms with Crippen LogP contribution in [0.4, 0.5) is 0 Å². The number of ether oxygens (including phenoxy) is 2. The quantitative estimate of drug-likeness (QED) is 0.552. The van der Waals surface area contributed by atoms with Crippen molar-refractivity contribution in [3.63, 3.8) is 0 Å². The van der Waals surface area contributed by atoms with Gasteiger partial charge in [-0.3, -0.25) is 0 Å². The van der Waals surface area contributed by atoms with Crippen molar-refractivity contribution < 1.29 is 18.3 Å². The predicted octanol–water partition coefficient (Wildman–Crippen LogP) is 5.17. The van der Waals surface area contributed by atoms with Crippen LogP contribution in [-0.4, -0.2) is 33.0 Å². The van der Waals surface area contributed by atoms with E-state index in [1.165, 1.54) is 0 Å². The van der Waals surface area contributed by atoms with E-state index in [-0.39, 0.29) is 11.2 Å². The number of rotatable bonds is 9. The lowest BCUT2D eigenvalue weighted by atomic mass is 10.2. The molecule has 0 unspecified atom stereocenters. The van der Waals surface area contributed by atoms with Gasteiger partial charge < -0.3 is 18.3 Å². The average molecular weight is 383 g/mol. The van der Waals surface area contributed by atoms with Gasteiger partial charge in [-0.2, -0.15) is 0 Å². The van der Waals surface area contributed by atoms with Crippen molar-refractivity contribution in [3.8, 4) is 11.5 Å². The second-order valence-electron chi connectivity index (χ2n) is 8.73. The van der Waals surface area contributed by atoms with Crippen LogP contribution in [-0.2, 0) is 8.85 Å². The maximum absolute atomic E-state index is 6.29. The third-order valence-electron chi connectivity index (χ3n) is 3.44. The molecule has 1 rings (SSSR count). The van der Waals surface area contributed by atoms with Gasteiger partial charge >= 0.3 is 8.56 Å². The van der Waals surface area contributed by atoms with Crippen LogP contribution in [0.5, 0.6) is 11.5 Å². The molecule has 0 bridgehead atoms. The minimum atomic E-state index is -2.62. The zero-order valence-electron chi connectivity index (χ0n) is 18.2. The Bertz CT molecular complexity index is 550. The van der Waals surface area contributed by atoms with Gasteiger partial charge in [0.1, 0.15) is 22.7 Å². The Hall–Kier alpha value is -1.04. The van der Waals surface area contributed by atoms with Crippen molar-refractivity contribution in [1.82, 2.24) is 0 Å². The van der Waals surface area contributed by atoms with E-state index in [0.29, 0.717) is 13.2 Å². The zero-order chi connectivity index (χ0) is 20.0. The third-order valence-corrected chi connectivity index (χ3v) is 6.32. The molecule has 26 heavy (non-hydrogen) atoms. The Morgan fingerprint density at radius 3 is 1.73 bits per heavy atom. The number of benzene rings is 1. The van der Waals surface area contributed by atoms with Gasteiger partial charge in [-0.15, -0.1) is 0 Å². The van der Waals surface area contributed by atoms with E-state index in [1.807, 2.05) is 39.0 Å². The first kappa shape index (κ1) is 23.0. The van der Waals surface area contributed by atoms with Gasteiger partial charge in [-0.25, -0.2) is 0 Å². The summed E-state index contributed by atoms with van der Waals surface area (Å²) in [5.41, 5.74) is -0.567. The second-order valence-corrected chi connectivity index (χ2v) is 11.7. The van der Waals surface area contributed by atoms with Gasteiger partial charge in [0.2, 0.25) is 0 Å². The molecule has 1 aromatic rings. The lowest BCUT2D eigenvalue weighted by Gasteiger charge is -2.32. The molecule has 0 radical (unpaired) electrons. The Balaban J connectivity index is 3.38. The predicted molar refractivity (Wildman–Crippen MR) is 111 cm³/mol. The lowest BCUT2D eigenvalue weighted by Crippen LogP contribution is -2.52. The summed E-state index contributed by atoms with van der Waals surface area (Å²) in [5, 5.41) is 0.996. The van der Waals surface area contributed by atoms with Crippen molar-refractivity contribution in [2.24, 2.45) is 0 Å². The molecule has 0 aliphatic carbocycles. The highest BCUT2D eigenvalue weighted by molar-refractivity contribution is 6.80. The van der Waals surface area contributed by atoms with E-state index < -0.39 is 8.56 Å². The maximum atomic E-state index is 6.29. The lowest BCUT2D eigenvalue weighted by molar-refractivity contribution is 0.124. The molecule has 5 heteroatoms. The summed E-state index contributed by atoms with van der Waals surface area (Å²) < 4.78 is 24.9. The molecule has 0 atom stereocenters. The van der Waals surface area contributed by atoms with Crippen LogP contribution in [0.3, 0.4) is 0 Å². The molecule has 0 spiro atoms. The first-order valence-corrected chi connectivity index (χ1v) is 12.0. The average Bonchev–Trinajstić information content (AvgIpc) is 2.49. The normalized spacial score (nSPS) is 13.0. The first-order chi connectivity index (χ1) is 11.9. The molecule has 0 fully saturated rings. The monoisotopic (exact) mass is 382 g/mol. The van der Waals surface area contributed by atoms with E-state index in [1.54, 1.807) is 0 Å². The van der Waals surface area contributed by atoms with E-state index in [2.05, 4.69) is 41.2 Å². The Morgan fingerprint density at radius 1 is 0.808 bits per heavy atom. The van der Waals surface area contributed by atoms with Crippen molar-refractivity contribution >= 4 is 13.7 Å². The smallest absolute Gasteiger partial charge is 0.373 e. The molecule has 0 aliphatic heterocycles. The van der Waals surface area contributed by atoms with Crippen LogP contribution >= 0.6 is 0 Å². The summed E-state index contributed by atoms with van der Waals surface area (Å²) in [6.45, 7) is 20.0. The summed E-state index contributed by atoms with van der Waals surface area (Å²) in [6, 6.07) is 5.99. The molecule has 0 saturated heterocycles. The highest BCUT2D eigenvalue weighted by Crippen LogP contribution is 2.27. The molecular formula is C21H38O4Si. The molecule has 0 aliphatic rings. The molecule has 0 N–H and O–H groups in total. The summed E-state index contributed by atoms with van der Waals surface area (Å²) >= 11 is 0. The van der Waals surface area contributed by atoms with Gasteiger partial charge in [0.15, 0.2) is 0 Å². The molecule has 0 aromatic heterocycles. The van der Waals surface area contributed by atoms with Crippen LogP contribution in [0.15, 0.2) is 18.2 Å². The standard InChI is InChI=1S/C21H38O4Si/c1-10-14-22-26(9,23-15-11-2)19-16-17(24-20(3,4)5)12-13-18(19)25-21(6,7)8/h12-13,16H,10-11,14-15H2,1-9H3. The molecule has 1 aromatic carbocycles. The largest absolute Gasteiger partial charge is 0.488 e. The molecule has 4 nitrogen and oxygen atoms in total. The fraction of sp³-hybridized carbons (Fsp3) is 0.714. The summed E-state index contributed by atoms with van der Waals surface area (Å²) in [5.74, 6) is 1.63. The number of hydrogen-bond donors (Lipinski definition) is 0. The highest BCUT2D eigenvalue weighted by atomic mass is 28.4. The molecule has 0 saturated carbocycles. The van der Waals surface area contributed by atoms with Crippen LogP contribution in [0.25, 0.3) is 0 Å². The van der Waals surface area contributed by atoms with E-state index >= 15 is 0 Å². The first-order valence-electron chi connectivity index (χ1n) is 9.70. The Kier molecular flexibility index (Phi) is 8.18. The SMILES string of the molecule is CCCO[Si](C)(OCCC)c1cc(OC(C)(C)C)ccc1OC(C)(C)C. The minimum absolute atomic E-state index is 0.268. The van der Waals surface area contributed by atoms with Crippen molar-refractivity contribution in [3.05, 3.63) is 18.2 Å². The van der Waals surface area contributed by atoms with Gasteiger partial charge in [0.25, 0.3) is 0 Å². The topological polar surface area (TPSA) is 36.9 Å². The molecule has 0 heterocycles. The molecule has 150 valence electrons. The van der Waals surface area contributed by atoms with Crippen molar-refractivity contribution in [2.45, 2.75) is 86.0 Å². The third kappa shape index (κ3) is 7.68. The van der Waals surface area contributed by atoms with E-state index in [4.69, 9.17) is 18.3 Å². The zero-order valence-corrected chi connectivity index (χ0v) is 19.2. The fourth-order valence-electron chi connectivity index (χ4n) is 2.49. The van der Waals surface area contributed by atoms with Gasteiger partial charge in [0, 0.05) is 18.4 Å². The van der Waals surface area contributed by atoms with Crippen LogP contribution in [0, 0.1) is 0 Å². The van der Waals surface area contributed by atoms with Crippen molar-refractivity contribution in [2.75, 3.05) is 13.2 Å². The second kappa shape index (κ2) is 9.24. The summed E-state index contributed by atoms with van der Waals surface area (Å²) in [4.78, 5) is 0.